The number of ether oxygens (including phenoxy) is 2. The van der Waals surface area contributed by atoms with Crippen molar-refractivity contribution in [2.75, 3.05) is 47.5 Å². The molecule has 342 valence electrons. The Morgan fingerprint density at radius 2 is 1.12 bits per heavy atom. The molecule has 0 aliphatic carbocycles. The fourth-order valence-electron chi connectivity index (χ4n) is 6.04. The molecule has 0 amide bonds. The molecule has 1 N–H and O–H groups in total. The molecule has 11 heteroatoms. The Bertz CT molecular complexity index is 1210. The molecule has 0 bridgehead atoms. The normalized spacial score (nSPS) is 14.6. The van der Waals surface area contributed by atoms with Crippen molar-refractivity contribution >= 4 is 19.8 Å². The quantitative estimate of drug-likeness (QED) is 0.0159. The highest BCUT2D eigenvalue weighted by molar-refractivity contribution is 7.45. The molecule has 10 nitrogen and oxygen atoms in total. The molecule has 0 aromatic rings. The minimum Gasteiger partial charge on any atom is -0.756 e. The molecular weight excluding hydrogens is 765 g/mol. The van der Waals surface area contributed by atoms with Crippen molar-refractivity contribution in [2.24, 2.45) is 0 Å². The van der Waals surface area contributed by atoms with Gasteiger partial charge in [0.1, 0.15) is 19.8 Å². The maximum absolute atomic E-state index is 12.7. The zero-order chi connectivity index (χ0) is 43.7. The fourth-order valence-corrected chi connectivity index (χ4v) is 6.76. The molecule has 0 heterocycles. The van der Waals surface area contributed by atoms with Crippen molar-refractivity contribution in [2.45, 2.75) is 187 Å². The molecule has 0 aromatic heterocycles. The van der Waals surface area contributed by atoms with E-state index in [1.165, 1.54) is 83.5 Å². The number of carbonyl (C=O) groups excluding carboxylic acids is 2. The molecule has 0 radical (unpaired) electrons. The van der Waals surface area contributed by atoms with Gasteiger partial charge in [-0.25, -0.2) is 0 Å². The summed E-state index contributed by atoms with van der Waals surface area (Å²) < 4.78 is 33.8. The van der Waals surface area contributed by atoms with Crippen LogP contribution in [0.1, 0.15) is 174 Å². The van der Waals surface area contributed by atoms with Gasteiger partial charge >= 0.3 is 11.9 Å². The summed E-state index contributed by atoms with van der Waals surface area (Å²) in [6.07, 6.45) is 44.2. The van der Waals surface area contributed by atoms with E-state index in [4.69, 9.17) is 18.5 Å². The van der Waals surface area contributed by atoms with Crippen LogP contribution in [0.2, 0.25) is 0 Å². The Morgan fingerprint density at radius 1 is 0.627 bits per heavy atom. The Balaban J connectivity index is 4.50. The number of likely N-dealkylation sites (N-methyl/N-ethyl adjacent to an activating group) is 1. The zero-order valence-electron chi connectivity index (χ0n) is 38.0. The molecule has 0 aliphatic rings. The molecule has 0 saturated heterocycles. The third kappa shape index (κ3) is 43.6. The first-order valence-corrected chi connectivity index (χ1v) is 24.6. The van der Waals surface area contributed by atoms with E-state index in [0.717, 1.165) is 44.9 Å². The minimum atomic E-state index is -4.67. The van der Waals surface area contributed by atoms with Crippen molar-refractivity contribution in [1.29, 1.82) is 0 Å². The minimum absolute atomic E-state index is 0.0455. The van der Waals surface area contributed by atoms with Crippen molar-refractivity contribution in [3.05, 3.63) is 60.8 Å². The molecule has 2 unspecified atom stereocenters. The van der Waals surface area contributed by atoms with Crippen molar-refractivity contribution in [3.8, 4) is 0 Å². The van der Waals surface area contributed by atoms with Crippen LogP contribution in [-0.2, 0) is 32.7 Å². The van der Waals surface area contributed by atoms with Gasteiger partial charge in [-0.1, -0.05) is 177 Å². The van der Waals surface area contributed by atoms with Crippen LogP contribution in [0.15, 0.2) is 60.8 Å². The summed E-state index contributed by atoms with van der Waals surface area (Å²) in [4.78, 5) is 37.6. The molecule has 0 aromatic carbocycles. The van der Waals surface area contributed by atoms with E-state index in [1.54, 1.807) is 12.2 Å². The lowest BCUT2D eigenvalue weighted by Gasteiger charge is -2.28. The summed E-state index contributed by atoms with van der Waals surface area (Å²) in [6.45, 7) is 3.89. The topological polar surface area (TPSA) is 131 Å². The van der Waals surface area contributed by atoms with Gasteiger partial charge in [-0.2, -0.15) is 0 Å². The van der Waals surface area contributed by atoms with Crippen LogP contribution >= 0.6 is 7.82 Å². The second-order valence-corrected chi connectivity index (χ2v) is 18.0. The summed E-state index contributed by atoms with van der Waals surface area (Å²) in [5.74, 6) is -1.04. The number of carbonyl (C=O) groups is 2. The van der Waals surface area contributed by atoms with Gasteiger partial charge in [0, 0.05) is 12.8 Å². The molecule has 0 fully saturated rings. The van der Waals surface area contributed by atoms with E-state index >= 15 is 0 Å². The molecule has 3 atom stereocenters. The summed E-state index contributed by atoms with van der Waals surface area (Å²) >= 11 is 0. The first kappa shape index (κ1) is 56.7. The predicted molar refractivity (Wildman–Crippen MR) is 242 cm³/mol. The SMILES string of the molecule is CC/C=C\C/C=C\C/C=C\C/C=C\C=C\C(O)CCCC(=O)OC[C@H](COP(=O)([O-])OCC[N+](C)(C)C)OC(=O)CCCCCCCCCCCCCCCCCCC. The summed E-state index contributed by atoms with van der Waals surface area (Å²) in [7, 11) is 1.06. The van der Waals surface area contributed by atoms with Gasteiger partial charge in [0.2, 0.25) is 0 Å². The average molecular weight is 852 g/mol. The predicted octanol–water partition coefficient (Wildman–Crippen LogP) is 11.6. The van der Waals surface area contributed by atoms with Gasteiger partial charge in [-0.15, -0.1) is 0 Å². The standard InChI is InChI=1S/C48H86NO9P/c1-6-8-10-12-14-16-18-20-21-22-23-25-27-29-31-33-35-39-48(52)58-46(44-57-59(53,54)56-42-41-49(3,4)5)43-55-47(51)40-36-38-45(50)37-34-32-30-28-26-24-19-17-15-13-11-9-7-2/h9,11,15,17,24,26,30,32,34,37,45-46,50H,6-8,10,12-14,16,18-23,25,27-29,31,33,35-36,38-44H2,1-5H3/b11-9-,17-15-,26-24-,32-30-,37-34+/t45?,46-/m1/s1. The number of unbranched alkanes of at least 4 members (excludes halogenated alkanes) is 16. The van der Waals surface area contributed by atoms with Crippen molar-refractivity contribution in [1.82, 2.24) is 0 Å². The number of phosphoric ester groups is 1. The maximum atomic E-state index is 12.7. The summed E-state index contributed by atoms with van der Waals surface area (Å²) in [5.41, 5.74) is 0. The first-order chi connectivity index (χ1) is 28.4. The second kappa shape index (κ2) is 39.8. The van der Waals surface area contributed by atoms with Crippen LogP contribution in [0.25, 0.3) is 0 Å². The molecule has 0 spiro atoms. The molecular formula is C48H86NO9P. The Labute approximate surface area is 360 Å². The lowest BCUT2D eigenvalue weighted by atomic mass is 10.0. The van der Waals surface area contributed by atoms with E-state index in [0.29, 0.717) is 30.3 Å². The van der Waals surface area contributed by atoms with Gasteiger partial charge in [0.05, 0.1) is 33.9 Å². The third-order valence-corrected chi connectivity index (χ3v) is 10.6. The smallest absolute Gasteiger partial charge is 0.306 e. The van der Waals surface area contributed by atoms with Crippen LogP contribution in [0.5, 0.6) is 0 Å². The van der Waals surface area contributed by atoms with Crippen molar-refractivity contribution in [3.63, 3.8) is 0 Å². The lowest BCUT2D eigenvalue weighted by Crippen LogP contribution is -2.37. The highest BCUT2D eigenvalue weighted by atomic mass is 31.2. The van der Waals surface area contributed by atoms with Gasteiger partial charge in [-0.3, -0.25) is 14.2 Å². The molecule has 0 saturated carbocycles. The van der Waals surface area contributed by atoms with Crippen molar-refractivity contribution < 1.29 is 47.2 Å². The number of hydrogen-bond acceptors (Lipinski definition) is 9. The second-order valence-electron chi connectivity index (χ2n) is 16.6. The molecule has 0 rings (SSSR count). The number of phosphoric acid groups is 1. The van der Waals surface area contributed by atoms with Crippen LogP contribution in [0.3, 0.4) is 0 Å². The number of aliphatic hydroxyl groups excluding tert-OH is 1. The largest absolute Gasteiger partial charge is 0.756 e. The van der Waals surface area contributed by atoms with E-state index < -0.39 is 38.6 Å². The number of hydrogen-bond donors (Lipinski definition) is 1. The third-order valence-electron chi connectivity index (χ3n) is 9.66. The van der Waals surface area contributed by atoms with E-state index in [1.807, 2.05) is 33.3 Å². The molecule has 59 heavy (non-hydrogen) atoms. The lowest BCUT2D eigenvalue weighted by molar-refractivity contribution is -0.870. The Morgan fingerprint density at radius 3 is 1.64 bits per heavy atom. The van der Waals surface area contributed by atoms with Crippen LogP contribution in [-0.4, -0.2) is 81.2 Å². The number of aliphatic hydroxyl groups is 1. The Kier molecular flexibility index (Phi) is 38.2. The highest BCUT2D eigenvalue weighted by Crippen LogP contribution is 2.38. The number of esters is 2. The fraction of sp³-hybridized carbons (Fsp3) is 0.750. The van der Waals surface area contributed by atoms with Gasteiger partial charge in [-0.05, 0) is 44.9 Å². The zero-order valence-corrected chi connectivity index (χ0v) is 38.9. The average Bonchev–Trinajstić information content (AvgIpc) is 3.18. The van der Waals surface area contributed by atoms with E-state index in [9.17, 15) is 24.2 Å². The molecule has 0 aliphatic heterocycles. The summed E-state index contributed by atoms with van der Waals surface area (Å²) in [5, 5.41) is 10.3. The van der Waals surface area contributed by atoms with Crippen LogP contribution in [0.4, 0.5) is 0 Å². The van der Waals surface area contributed by atoms with Gasteiger partial charge < -0.3 is 33.0 Å². The number of allylic oxidation sites excluding steroid dienone is 9. The monoisotopic (exact) mass is 852 g/mol. The van der Waals surface area contributed by atoms with E-state index in [2.05, 4.69) is 50.3 Å². The highest BCUT2D eigenvalue weighted by Gasteiger charge is 2.22. The Hall–Kier alpha value is -2.33. The van der Waals surface area contributed by atoms with E-state index in [-0.39, 0.29) is 26.1 Å². The number of quaternary nitrogens is 1. The first-order valence-electron chi connectivity index (χ1n) is 23.1. The van der Waals surface area contributed by atoms with Gasteiger partial charge in [0.25, 0.3) is 7.82 Å². The van der Waals surface area contributed by atoms with Crippen LogP contribution < -0.4 is 4.89 Å². The van der Waals surface area contributed by atoms with Gasteiger partial charge in [0.15, 0.2) is 6.10 Å². The maximum Gasteiger partial charge on any atom is 0.306 e. The summed E-state index contributed by atoms with van der Waals surface area (Å²) in [6, 6.07) is 0. The van der Waals surface area contributed by atoms with Crippen LogP contribution in [0, 0.1) is 0 Å². The number of nitrogens with zero attached hydrogens (tertiary/aromatic N) is 1. The number of rotatable bonds is 41.